The molecule has 0 saturated carbocycles. The topological polar surface area (TPSA) is 307 Å². The summed E-state index contributed by atoms with van der Waals surface area (Å²) in [7, 11) is 0. The van der Waals surface area contributed by atoms with Crippen LogP contribution in [0.25, 0.3) is 0 Å². The quantitative estimate of drug-likeness (QED) is 0.0199. The summed E-state index contributed by atoms with van der Waals surface area (Å²) >= 11 is 0. The molecule has 1 amide bonds. The van der Waals surface area contributed by atoms with Crippen LogP contribution in [0, 0.1) is 0 Å². The van der Waals surface area contributed by atoms with Crippen molar-refractivity contribution in [2.24, 2.45) is 0 Å². The number of aliphatic hydroxyl groups is 11. The van der Waals surface area contributed by atoms with E-state index < -0.39 is 124 Å². The van der Waals surface area contributed by atoms with E-state index in [4.69, 9.17) is 28.4 Å². The standard InChI is InChI=1S/C73H135NO18/c1-3-5-7-9-11-13-15-17-18-19-20-21-22-23-24-25-26-27-28-29-30-31-32-33-34-35-36-37-38-39-41-43-45-47-49-51-61(79)74-56(57(78)50-48-46-44-42-40-16-14-12-10-8-6-4-2)55-87-71-67(85)64(82)69(59(53-76)89-71)92-73-68(86)65(83)70(60(54-77)90-73)91-72-66(84)63(81)62(80)58(52-75)88-72/h10,12,40,42,48,50,56-60,62-73,75-78,80-86H,3-9,11,13-39,41,43-47,49,51-55H2,1-2H3,(H,74,79)/b12-10+,42-40+,50-48+. The number of amides is 1. The van der Waals surface area contributed by atoms with Crippen LogP contribution in [-0.2, 0) is 33.2 Å². The summed E-state index contributed by atoms with van der Waals surface area (Å²) in [4.78, 5) is 13.4. The van der Waals surface area contributed by atoms with Gasteiger partial charge < -0.3 is 89.9 Å². The minimum absolute atomic E-state index is 0.236. The smallest absolute Gasteiger partial charge is 0.220 e. The van der Waals surface area contributed by atoms with Crippen molar-refractivity contribution >= 4 is 5.91 Å². The monoisotopic (exact) mass is 1310 g/mol. The van der Waals surface area contributed by atoms with Gasteiger partial charge in [0.25, 0.3) is 0 Å². The number of carbonyl (C=O) groups excluding carboxylic acids is 1. The van der Waals surface area contributed by atoms with Crippen LogP contribution in [0.2, 0.25) is 0 Å². The van der Waals surface area contributed by atoms with Crippen molar-refractivity contribution in [3.63, 3.8) is 0 Å². The van der Waals surface area contributed by atoms with Crippen molar-refractivity contribution in [3.8, 4) is 0 Å². The largest absolute Gasteiger partial charge is 0.394 e. The molecule has 540 valence electrons. The molecule has 0 aromatic heterocycles. The van der Waals surface area contributed by atoms with Gasteiger partial charge in [-0.1, -0.05) is 281 Å². The molecule has 17 atom stereocenters. The van der Waals surface area contributed by atoms with E-state index in [1.54, 1.807) is 6.08 Å². The number of aliphatic hydroxyl groups excluding tert-OH is 11. The van der Waals surface area contributed by atoms with E-state index in [1.165, 1.54) is 212 Å². The van der Waals surface area contributed by atoms with Gasteiger partial charge in [0, 0.05) is 6.42 Å². The van der Waals surface area contributed by atoms with Gasteiger partial charge in [-0.25, -0.2) is 0 Å². The third-order valence-corrected chi connectivity index (χ3v) is 18.7. The van der Waals surface area contributed by atoms with Crippen molar-refractivity contribution < 1.29 is 89.4 Å². The molecular weight excluding hydrogens is 1180 g/mol. The summed E-state index contributed by atoms with van der Waals surface area (Å²) in [5, 5.41) is 120. The van der Waals surface area contributed by atoms with Crippen LogP contribution >= 0.6 is 0 Å². The second-order valence-electron chi connectivity index (χ2n) is 26.7. The lowest BCUT2D eigenvalue weighted by Gasteiger charge is -2.48. The second kappa shape index (κ2) is 55.0. The van der Waals surface area contributed by atoms with Crippen LogP contribution in [-0.4, -0.2) is 193 Å². The Kier molecular flexibility index (Phi) is 50.3. The van der Waals surface area contributed by atoms with Crippen LogP contribution in [0.15, 0.2) is 36.5 Å². The minimum Gasteiger partial charge on any atom is -0.394 e. The Morgan fingerprint density at radius 2 is 0.696 bits per heavy atom. The molecule has 0 aromatic carbocycles. The fourth-order valence-electron chi connectivity index (χ4n) is 12.6. The van der Waals surface area contributed by atoms with Crippen LogP contribution in [0.4, 0.5) is 0 Å². The van der Waals surface area contributed by atoms with E-state index in [-0.39, 0.29) is 18.9 Å². The van der Waals surface area contributed by atoms with Crippen molar-refractivity contribution in [2.75, 3.05) is 26.4 Å². The molecule has 3 heterocycles. The highest BCUT2D eigenvalue weighted by atomic mass is 16.8. The fraction of sp³-hybridized carbons (Fsp3) is 0.904. The number of hydrogen-bond acceptors (Lipinski definition) is 18. The second-order valence-corrected chi connectivity index (χ2v) is 26.7. The van der Waals surface area contributed by atoms with E-state index in [2.05, 4.69) is 43.5 Å². The maximum atomic E-state index is 13.4. The molecule has 17 unspecified atom stereocenters. The summed E-state index contributed by atoms with van der Waals surface area (Å²) in [5.41, 5.74) is 0. The van der Waals surface area contributed by atoms with Gasteiger partial charge in [-0.05, 0) is 38.5 Å². The number of unbranched alkanes of at least 4 members (excludes halogenated alkanes) is 38. The molecule has 3 aliphatic rings. The lowest BCUT2D eigenvalue weighted by Crippen LogP contribution is -2.66. The third-order valence-electron chi connectivity index (χ3n) is 18.7. The van der Waals surface area contributed by atoms with Gasteiger partial charge in [-0.3, -0.25) is 4.79 Å². The lowest BCUT2D eigenvalue weighted by molar-refractivity contribution is -0.379. The Morgan fingerprint density at radius 1 is 0.380 bits per heavy atom. The molecule has 0 spiro atoms. The molecule has 19 heteroatoms. The Bertz CT molecular complexity index is 1810. The third kappa shape index (κ3) is 36.0. The van der Waals surface area contributed by atoms with Crippen LogP contribution in [0.1, 0.15) is 290 Å². The minimum atomic E-state index is -1.98. The summed E-state index contributed by atoms with van der Waals surface area (Å²) in [6.45, 7) is 1.67. The van der Waals surface area contributed by atoms with E-state index in [0.717, 1.165) is 44.9 Å². The molecule has 0 aromatic rings. The first kappa shape index (κ1) is 84.2. The predicted octanol–water partition coefficient (Wildman–Crippen LogP) is 10.8. The highest BCUT2D eigenvalue weighted by molar-refractivity contribution is 5.76. The van der Waals surface area contributed by atoms with E-state index in [9.17, 15) is 61.0 Å². The molecule has 3 rings (SSSR count). The van der Waals surface area contributed by atoms with Gasteiger partial charge in [-0.15, -0.1) is 0 Å². The lowest BCUT2D eigenvalue weighted by atomic mass is 9.96. The Hall–Kier alpha value is -1.99. The number of ether oxygens (including phenoxy) is 6. The highest BCUT2D eigenvalue weighted by Crippen LogP contribution is 2.33. The van der Waals surface area contributed by atoms with Crippen LogP contribution < -0.4 is 5.32 Å². The van der Waals surface area contributed by atoms with Crippen molar-refractivity contribution in [1.82, 2.24) is 5.32 Å². The first-order chi connectivity index (χ1) is 44.8. The maximum Gasteiger partial charge on any atom is 0.220 e. The fourth-order valence-corrected chi connectivity index (χ4v) is 12.6. The molecule has 0 aliphatic carbocycles. The molecule has 3 fully saturated rings. The predicted molar refractivity (Wildman–Crippen MR) is 360 cm³/mol. The molecule has 0 radical (unpaired) electrons. The summed E-state index contributed by atoms with van der Waals surface area (Å²) in [6, 6.07) is -0.993. The summed E-state index contributed by atoms with van der Waals surface area (Å²) in [6.07, 6.45) is 39.0. The normalized spacial score (nSPS) is 27.9. The Balaban J connectivity index is 1.31. The van der Waals surface area contributed by atoms with Gasteiger partial charge in [0.05, 0.1) is 38.6 Å². The van der Waals surface area contributed by atoms with Crippen molar-refractivity contribution in [2.45, 2.75) is 394 Å². The highest BCUT2D eigenvalue weighted by Gasteiger charge is 2.53. The van der Waals surface area contributed by atoms with Crippen molar-refractivity contribution in [1.29, 1.82) is 0 Å². The van der Waals surface area contributed by atoms with E-state index in [1.807, 2.05) is 6.08 Å². The number of carbonyl (C=O) groups is 1. The SMILES string of the molecule is CCCC/C=C/CC/C=C/CC/C=C/C(O)C(COC1OC(CO)C(OC2OC(CO)C(OC3OC(CO)C(O)C(O)C3O)C(O)C2O)C(O)C1O)NC(=O)CCCCCCCCCCCCCCCCCCCCCCCCCCCCCCCCCCCCC. The van der Waals surface area contributed by atoms with Gasteiger partial charge in [-0.2, -0.15) is 0 Å². The number of rotatable bonds is 58. The average Bonchev–Trinajstić information content (AvgIpc) is 0.819. The zero-order valence-electron chi connectivity index (χ0n) is 57.3. The zero-order chi connectivity index (χ0) is 66.8. The first-order valence-electron chi connectivity index (χ1n) is 37.2. The van der Waals surface area contributed by atoms with Crippen LogP contribution in [0.5, 0.6) is 0 Å². The molecule has 12 N–H and O–H groups in total. The molecule has 19 nitrogen and oxygen atoms in total. The summed E-state index contributed by atoms with van der Waals surface area (Å²) < 4.78 is 34.3. The van der Waals surface area contributed by atoms with Gasteiger partial charge in [0.1, 0.15) is 73.2 Å². The van der Waals surface area contributed by atoms with E-state index >= 15 is 0 Å². The number of allylic oxidation sites excluding steroid dienone is 5. The molecule has 92 heavy (non-hydrogen) atoms. The molecule has 3 aliphatic heterocycles. The van der Waals surface area contributed by atoms with Gasteiger partial charge in [0.2, 0.25) is 5.91 Å². The number of nitrogens with one attached hydrogen (secondary N) is 1. The maximum absolute atomic E-state index is 13.4. The molecular formula is C73H135NO18. The molecule has 0 bridgehead atoms. The summed E-state index contributed by atoms with van der Waals surface area (Å²) in [5.74, 6) is -0.286. The zero-order valence-corrected chi connectivity index (χ0v) is 57.3. The van der Waals surface area contributed by atoms with E-state index in [0.29, 0.717) is 12.8 Å². The van der Waals surface area contributed by atoms with Gasteiger partial charge in [0.15, 0.2) is 18.9 Å². The molecule has 3 saturated heterocycles. The first-order valence-corrected chi connectivity index (χ1v) is 37.2. The number of hydrogen-bond donors (Lipinski definition) is 12. The van der Waals surface area contributed by atoms with Gasteiger partial charge >= 0.3 is 0 Å². The van der Waals surface area contributed by atoms with Crippen LogP contribution in [0.3, 0.4) is 0 Å². The van der Waals surface area contributed by atoms with Crippen molar-refractivity contribution in [3.05, 3.63) is 36.5 Å². The Labute approximate surface area is 555 Å². The Morgan fingerprint density at radius 3 is 1.08 bits per heavy atom. The average molecular weight is 1310 g/mol.